The maximum absolute atomic E-state index is 13.9. The highest BCUT2D eigenvalue weighted by molar-refractivity contribution is 7.89. The van der Waals surface area contributed by atoms with E-state index >= 15 is 0 Å². The van der Waals surface area contributed by atoms with Crippen molar-refractivity contribution in [1.29, 1.82) is 0 Å². The van der Waals surface area contributed by atoms with Gasteiger partial charge in [-0.15, -0.1) is 12.4 Å². The molecule has 24 heavy (non-hydrogen) atoms. The number of rotatable bonds is 3. The largest absolute Gasteiger partial charge is 0.416 e. The van der Waals surface area contributed by atoms with Gasteiger partial charge in [-0.3, -0.25) is 0 Å². The number of sulfonamides is 1. The average Bonchev–Trinajstić information content (AvgIpc) is 2.46. The monoisotopic (exact) mass is 390 g/mol. The first kappa shape index (κ1) is 21.1. The van der Waals surface area contributed by atoms with Crippen LogP contribution in [0, 0.1) is 5.82 Å². The van der Waals surface area contributed by atoms with E-state index in [1.54, 1.807) is 6.92 Å². The van der Waals surface area contributed by atoms with Gasteiger partial charge in [0.1, 0.15) is 10.7 Å². The summed E-state index contributed by atoms with van der Waals surface area (Å²) in [6, 6.07) is 0.340. The van der Waals surface area contributed by atoms with Crippen LogP contribution in [0.25, 0.3) is 0 Å². The molecular weight excluding hydrogens is 372 g/mol. The summed E-state index contributed by atoms with van der Waals surface area (Å²) >= 11 is 0. The number of hydrogen-bond donors (Lipinski definition) is 1. The molecule has 1 saturated heterocycles. The molecule has 1 fully saturated rings. The Morgan fingerprint density at radius 1 is 1.29 bits per heavy atom. The van der Waals surface area contributed by atoms with E-state index < -0.39 is 44.6 Å². The molecule has 0 amide bonds. The fraction of sp³-hybridized carbons (Fsp3) is 0.571. The average molecular weight is 391 g/mol. The van der Waals surface area contributed by atoms with Crippen molar-refractivity contribution >= 4 is 22.4 Å². The zero-order valence-corrected chi connectivity index (χ0v) is 14.5. The third-order valence-corrected chi connectivity index (χ3v) is 5.89. The second-order valence-corrected chi connectivity index (χ2v) is 7.54. The number of nitrogens with two attached hydrogens (primary N) is 1. The van der Waals surface area contributed by atoms with Gasteiger partial charge in [0, 0.05) is 18.6 Å². The SMILES string of the molecule is CC(N)C1CCCCN1S(=O)(=O)c1cc(C(F)(F)F)ccc1F.Cl. The summed E-state index contributed by atoms with van der Waals surface area (Å²) in [6.07, 6.45) is -2.93. The lowest BCUT2D eigenvalue weighted by molar-refractivity contribution is -0.137. The van der Waals surface area contributed by atoms with Crippen molar-refractivity contribution in [2.45, 2.75) is 49.3 Å². The molecule has 0 saturated carbocycles. The zero-order chi connectivity index (χ0) is 17.4. The summed E-state index contributed by atoms with van der Waals surface area (Å²) in [5, 5.41) is 0. The number of hydrogen-bond acceptors (Lipinski definition) is 3. The van der Waals surface area contributed by atoms with Crippen molar-refractivity contribution in [2.24, 2.45) is 5.73 Å². The zero-order valence-electron chi connectivity index (χ0n) is 12.9. The van der Waals surface area contributed by atoms with E-state index in [1.165, 1.54) is 0 Å². The molecule has 0 radical (unpaired) electrons. The van der Waals surface area contributed by atoms with E-state index in [9.17, 15) is 26.0 Å². The van der Waals surface area contributed by atoms with Crippen molar-refractivity contribution in [1.82, 2.24) is 4.31 Å². The van der Waals surface area contributed by atoms with Crippen LogP contribution in [0.15, 0.2) is 23.1 Å². The molecule has 1 heterocycles. The number of benzene rings is 1. The predicted molar refractivity (Wildman–Crippen MR) is 83.8 cm³/mol. The minimum absolute atomic E-state index is 0. The van der Waals surface area contributed by atoms with Crippen LogP contribution < -0.4 is 5.73 Å². The van der Waals surface area contributed by atoms with E-state index in [1.807, 2.05) is 0 Å². The van der Waals surface area contributed by atoms with Gasteiger partial charge >= 0.3 is 6.18 Å². The van der Waals surface area contributed by atoms with Gasteiger partial charge in [0.15, 0.2) is 0 Å². The van der Waals surface area contributed by atoms with Crippen LogP contribution in [-0.2, 0) is 16.2 Å². The van der Waals surface area contributed by atoms with Gasteiger partial charge < -0.3 is 5.73 Å². The Morgan fingerprint density at radius 3 is 2.46 bits per heavy atom. The molecule has 4 nitrogen and oxygen atoms in total. The Balaban J connectivity index is 0.00000288. The highest BCUT2D eigenvalue weighted by Gasteiger charge is 2.39. The normalized spacial score (nSPS) is 21.2. The third kappa shape index (κ3) is 4.19. The molecule has 1 aliphatic rings. The number of nitrogens with zero attached hydrogens (tertiary/aromatic N) is 1. The van der Waals surface area contributed by atoms with Crippen molar-refractivity contribution in [3.05, 3.63) is 29.6 Å². The van der Waals surface area contributed by atoms with E-state index in [0.29, 0.717) is 31.0 Å². The quantitative estimate of drug-likeness (QED) is 0.806. The Morgan fingerprint density at radius 2 is 1.92 bits per heavy atom. The van der Waals surface area contributed by atoms with E-state index in [2.05, 4.69) is 0 Å². The molecule has 10 heteroatoms. The summed E-state index contributed by atoms with van der Waals surface area (Å²) in [5.41, 5.74) is 4.59. The highest BCUT2D eigenvalue weighted by Crippen LogP contribution is 2.34. The second-order valence-electron chi connectivity index (χ2n) is 5.68. The first-order chi connectivity index (χ1) is 10.5. The fourth-order valence-corrected chi connectivity index (χ4v) is 4.62. The van der Waals surface area contributed by atoms with Crippen molar-refractivity contribution in [2.75, 3.05) is 6.54 Å². The van der Waals surface area contributed by atoms with E-state index in [0.717, 1.165) is 10.7 Å². The molecule has 138 valence electrons. The molecule has 2 rings (SSSR count). The van der Waals surface area contributed by atoms with Crippen LogP contribution in [0.3, 0.4) is 0 Å². The minimum Gasteiger partial charge on any atom is -0.326 e. The summed E-state index contributed by atoms with van der Waals surface area (Å²) < 4.78 is 78.6. The predicted octanol–water partition coefficient (Wildman–Crippen LogP) is 3.16. The minimum atomic E-state index is -4.75. The van der Waals surface area contributed by atoms with Gasteiger partial charge in [-0.25, -0.2) is 12.8 Å². The van der Waals surface area contributed by atoms with Gasteiger partial charge in [-0.05, 0) is 38.0 Å². The number of alkyl halides is 3. The molecule has 2 atom stereocenters. The van der Waals surface area contributed by atoms with Gasteiger partial charge in [-0.1, -0.05) is 6.42 Å². The highest BCUT2D eigenvalue weighted by atomic mass is 35.5. The van der Waals surface area contributed by atoms with Gasteiger partial charge in [0.05, 0.1) is 5.56 Å². The lowest BCUT2D eigenvalue weighted by atomic mass is 10.00. The molecule has 0 aliphatic carbocycles. The maximum Gasteiger partial charge on any atom is 0.416 e. The molecule has 0 bridgehead atoms. The van der Waals surface area contributed by atoms with Crippen LogP contribution in [0.5, 0.6) is 0 Å². The third-order valence-electron chi connectivity index (χ3n) is 3.95. The Bertz CT molecular complexity index is 680. The lowest BCUT2D eigenvalue weighted by Crippen LogP contribution is -2.51. The molecule has 2 N–H and O–H groups in total. The van der Waals surface area contributed by atoms with Crippen LogP contribution >= 0.6 is 12.4 Å². The van der Waals surface area contributed by atoms with Gasteiger partial charge in [0.2, 0.25) is 10.0 Å². The van der Waals surface area contributed by atoms with Crippen LogP contribution in [0.4, 0.5) is 17.6 Å². The molecule has 2 unspecified atom stereocenters. The van der Waals surface area contributed by atoms with Crippen molar-refractivity contribution < 1.29 is 26.0 Å². The smallest absolute Gasteiger partial charge is 0.326 e. The van der Waals surface area contributed by atoms with Gasteiger partial charge in [0.25, 0.3) is 0 Å². The lowest BCUT2D eigenvalue weighted by Gasteiger charge is -2.37. The van der Waals surface area contributed by atoms with E-state index in [-0.39, 0.29) is 19.0 Å². The molecule has 0 aromatic heterocycles. The fourth-order valence-electron chi connectivity index (χ4n) is 2.76. The summed E-state index contributed by atoms with van der Waals surface area (Å²) in [4.78, 5) is -0.958. The second kappa shape index (κ2) is 7.55. The Labute approximate surface area is 144 Å². The standard InChI is InChI=1S/C14H18F4N2O2S.ClH/c1-9(19)12-4-2-3-7-20(12)23(21,22)13-8-10(14(16,17)18)5-6-11(13)15;/h5-6,8-9,12H,2-4,7,19H2,1H3;1H. The summed E-state index contributed by atoms with van der Waals surface area (Å²) in [5.74, 6) is -1.20. The number of halogens is 5. The Hall–Kier alpha value is -0.900. The summed E-state index contributed by atoms with van der Waals surface area (Å²) in [6.45, 7) is 1.74. The van der Waals surface area contributed by atoms with Gasteiger partial charge in [-0.2, -0.15) is 17.5 Å². The van der Waals surface area contributed by atoms with Crippen LogP contribution in [0.1, 0.15) is 31.7 Å². The maximum atomic E-state index is 13.9. The summed E-state index contributed by atoms with van der Waals surface area (Å²) in [7, 11) is -4.39. The molecular formula is C14H19ClF4N2O2S. The molecule has 1 aromatic rings. The number of piperidine rings is 1. The van der Waals surface area contributed by atoms with Crippen LogP contribution in [0.2, 0.25) is 0 Å². The molecule has 1 aliphatic heterocycles. The molecule has 0 spiro atoms. The van der Waals surface area contributed by atoms with Crippen LogP contribution in [-0.4, -0.2) is 31.4 Å². The topological polar surface area (TPSA) is 63.4 Å². The molecule has 1 aromatic carbocycles. The van der Waals surface area contributed by atoms with Crippen molar-refractivity contribution in [3.8, 4) is 0 Å². The first-order valence-electron chi connectivity index (χ1n) is 7.19. The first-order valence-corrected chi connectivity index (χ1v) is 8.63. The van der Waals surface area contributed by atoms with Crippen molar-refractivity contribution in [3.63, 3.8) is 0 Å². The Kier molecular flexibility index (Phi) is 6.65. The van der Waals surface area contributed by atoms with E-state index in [4.69, 9.17) is 5.73 Å².